The SMILES string of the molecule is C=CCN(CC=C)c1nnn[nH]1. The smallest absolute Gasteiger partial charge is 0.243 e. The Kier molecular flexibility index (Phi) is 3.01. The molecule has 0 saturated carbocycles. The van der Waals surface area contributed by atoms with E-state index < -0.39 is 0 Å². The molecule has 0 aliphatic rings. The largest absolute Gasteiger partial charge is 0.332 e. The minimum Gasteiger partial charge on any atom is -0.332 e. The molecule has 0 aliphatic heterocycles. The Morgan fingerprint density at radius 2 is 2.00 bits per heavy atom. The summed E-state index contributed by atoms with van der Waals surface area (Å²) in [6.45, 7) is 8.66. The highest BCUT2D eigenvalue weighted by atomic mass is 15.5. The van der Waals surface area contributed by atoms with Crippen LogP contribution in [0.5, 0.6) is 0 Å². The summed E-state index contributed by atoms with van der Waals surface area (Å²) in [5.74, 6) is 0.634. The normalized spacial score (nSPS) is 9.33. The third kappa shape index (κ3) is 1.91. The Morgan fingerprint density at radius 3 is 2.42 bits per heavy atom. The monoisotopic (exact) mass is 165 g/mol. The van der Waals surface area contributed by atoms with Crippen LogP contribution in [-0.4, -0.2) is 33.7 Å². The number of aromatic amines is 1. The van der Waals surface area contributed by atoms with Crippen molar-refractivity contribution in [1.29, 1.82) is 0 Å². The zero-order valence-corrected chi connectivity index (χ0v) is 6.77. The molecule has 64 valence electrons. The van der Waals surface area contributed by atoms with E-state index in [-0.39, 0.29) is 0 Å². The average Bonchev–Trinajstić information content (AvgIpc) is 2.56. The third-order valence-corrected chi connectivity index (χ3v) is 1.33. The van der Waals surface area contributed by atoms with Crippen LogP contribution in [0.15, 0.2) is 25.3 Å². The zero-order chi connectivity index (χ0) is 8.81. The van der Waals surface area contributed by atoms with Crippen molar-refractivity contribution < 1.29 is 0 Å². The topological polar surface area (TPSA) is 57.7 Å². The van der Waals surface area contributed by atoms with Gasteiger partial charge in [-0.3, -0.25) is 0 Å². The lowest BCUT2D eigenvalue weighted by atomic mass is 10.5. The van der Waals surface area contributed by atoms with Crippen molar-refractivity contribution in [2.45, 2.75) is 0 Å². The molecular weight excluding hydrogens is 154 g/mol. The molecule has 0 unspecified atom stereocenters. The quantitative estimate of drug-likeness (QED) is 0.641. The van der Waals surface area contributed by atoms with Gasteiger partial charge in [0.15, 0.2) is 0 Å². The van der Waals surface area contributed by atoms with E-state index in [2.05, 4.69) is 33.8 Å². The molecule has 5 nitrogen and oxygen atoms in total. The summed E-state index contributed by atoms with van der Waals surface area (Å²) in [4.78, 5) is 1.92. The number of nitrogens with zero attached hydrogens (tertiary/aromatic N) is 4. The van der Waals surface area contributed by atoms with Gasteiger partial charge in [0.25, 0.3) is 0 Å². The number of nitrogens with one attached hydrogen (secondary N) is 1. The predicted octanol–water partition coefficient (Wildman–Crippen LogP) is 0.378. The number of hydrogen-bond acceptors (Lipinski definition) is 4. The molecule has 0 spiro atoms. The first-order valence-electron chi connectivity index (χ1n) is 3.59. The summed E-state index contributed by atoms with van der Waals surface area (Å²) in [5, 5.41) is 13.4. The maximum absolute atomic E-state index is 3.77. The number of aromatic nitrogens is 4. The molecule has 5 heteroatoms. The maximum atomic E-state index is 3.77. The predicted molar refractivity (Wildman–Crippen MR) is 46.8 cm³/mol. The summed E-state index contributed by atoms with van der Waals surface area (Å²) in [5.41, 5.74) is 0. The van der Waals surface area contributed by atoms with E-state index in [4.69, 9.17) is 0 Å². The van der Waals surface area contributed by atoms with Gasteiger partial charge in [0.2, 0.25) is 5.95 Å². The lowest BCUT2D eigenvalue weighted by Gasteiger charge is -2.15. The van der Waals surface area contributed by atoms with Crippen molar-refractivity contribution >= 4 is 5.95 Å². The molecule has 1 heterocycles. The molecule has 1 N–H and O–H groups in total. The fourth-order valence-corrected chi connectivity index (χ4v) is 0.847. The summed E-state index contributed by atoms with van der Waals surface area (Å²) >= 11 is 0. The lowest BCUT2D eigenvalue weighted by Crippen LogP contribution is -2.24. The van der Waals surface area contributed by atoms with Crippen LogP contribution >= 0.6 is 0 Å². The summed E-state index contributed by atoms with van der Waals surface area (Å²) < 4.78 is 0. The molecule has 0 aromatic carbocycles. The molecule has 12 heavy (non-hydrogen) atoms. The van der Waals surface area contributed by atoms with E-state index in [1.807, 2.05) is 4.90 Å². The van der Waals surface area contributed by atoms with Crippen LogP contribution in [0.2, 0.25) is 0 Å². The average molecular weight is 165 g/mol. The molecule has 1 aromatic heterocycles. The van der Waals surface area contributed by atoms with Gasteiger partial charge in [-0.1, -0.05) is 17.3 Å². The van der Waals surface area contributed by atoms with Crippen molar-refractivity contribution in [3.63, 3.8) is 0 Å². The summed E-state index contributed by atoms with van der Waals surface area (Å²) in [7, 11) is 0. The lowest BCUT2D eigenvalue weighted by molar-refractivity contribution is 0.881. The van der Waals surface area contributed by atoms with Crippen LogP contribution in [0.1, 0.15) is 0 Å². The second kappa shape index (κ2) is 4.27. The number of H-pyrrole nitrogens is 1. The van der Waals surface area contributed by atoms with E-state index in [9.17, 15) is 0 Å². The van der Waals surface area contributed by atoms with Gasteiger partial charge in [-0.05, 0) is 10.4 Å². The van der Waals surface area contributed by atoms with Crippen molar-refractivity contribution in [3.05, 3.63) is 25.3 Å². The highest BCUT2D eigenvalue weighted by Crippen LogP contribution is 2.01. The molecule has 1 aromatic rings. The van der Waals surface area contributed by atoms with Crippen LogP contribution in [0, 0.1) is 0 Å². The standard InChI is InChI=1S/C7H11N5/c1-3-5-12(6-4-2)7-8-10-11-9-7/h3-4H,1-2,5-6H2,(H,8,9,10,11). The number of anilines is 1. The number of hydrogen-bond donors (Lipinski definition) is 1. The molecule has 0 radical (unpaired) electrons. The first-order chi connectivity index (χ1) is 5.88. The fourth-order valence-electron chi connectivity index (χ4n) is 0.847. The first kappa shape index (κ1) is 8.45. The maximum Gasteiger partial charge on any atom is 0.243 e. The second-order valence-corrected chi connectivity index (χ2v) is 2.21. The van der Waals surface area contributed by atoms with Crippen LogP contribution in [0.4, 0.5) is 5.95 Å². The van der Waals surface area contributed by atoms with Gasteiger partial charge in [0.05, 0.1) is 0 Å². The van der Waals surface area contributed by atoms with Crippen LogP contribution in [-0.2, 0) is 0 Å². The number of rotatable bonds is 5. The Morgan fingerprint density at radius 1 is 1.33 bits per heavy atom. The molecule has 0 bridgehead atoms. The summed E-state index contributed by atoms with van der Waals surface area (Å²) in [6.07, 6.45) is 3.57. The zero-order valence-electron chi connectivity index (χ0n) is 6.77. The van der Waals surface area contributed by atoms with Crippen molar-refractivity contribution in [2.75, 3.05) is 18.0 Å². The molecule has 0 aliphatic carbocycles. The minimum absolute atomic E-state index is 0.634. The van der Waals surface area contributed by atoms with Gasteiger partial charge >= 0.3 is 0 Å². The van der Waals surface area contributed by atoms with E-state index in [0.29, 0.717) is 19.0 Å². The second-order valence-electron chi connectivity index (χ2n) is 2.21. The highest BCUT2D eigenvalue weighted by Gasteiger charge is 2.04. The van der Waals surface area contributed by atoms with Gasteiger partial charge in [-0.15, -0.1) is 13.2 Å². The molecule has 0 fully saturated rings. The molecule has 0 atom stereocenters. The first-order valence-corrected chi connectivity index (χ1v) is 3.59. The summed E-state index contributed by atoms with van der Waals surface area (Å²) in [6, 6.07) is 0. The number of tetrazole rings is 1. The van der Waals surface area contributed by atoms with Gasteiger partial charge in [-0.25, -0.2) is 5.10 Å². The Balaban J connectivity index is 2.65. The minimum atomic E-state index is 0.634. The highest BCUT2D eigenvalue weighted by molar-refractivity contribution is 5.28. The van der Waals surface area contributed by atoms with Crippen molar-refractivity contribution in [1.82, 2.24) is 20.6 Å². The van der Waals surface area contributed by atoms with Crippen LogP contribution in [0.3, 0.4) is 0 Å². The van der Waals surface area contributed by atoms with E-state index in [1.165, 1.54) is 0 Å². The van der Waals surface area contributed by atoms with Crippen molar-refractivity contribution in [2.24, 2.45) is 0 Å². The van der Waals surface area contributed by atoms with Crippen LogP contribution < -0.4 is 4.90 Å². The molecule has 0 amide bonds. The van der Waals surface area contributed by atoms with Crippen molar-refractivity contribution in [3.8, 4) is 0 Å². The molecule has 1 rings (SSSR count). The Bertz CT molecular complexity index is 230. The Hall–Kier alpha value is -1.65. The Labute approximate surface area is 70.8 Å². The van der Waals surface area contributed by atoms with E-state index in [0.717, 1.165) is 0 Å². The molecular formula is C7H11N5. The van der Waals surface area contributed by atoms with Gasteiger partial charge < -0.3 is 4.90 Å². The van der Waals surface area contributed by atoms with E-state index in [1.54, 1.807) is 12.2 Å². The van der Waals surface area contributed by atoms with Crippen LogP contribution in [0.25, 0.3) is 0 Å². The van der Waals surface area contributed by atoms with Gasteiger partial charge in [-0.2, -0.15) is 0 Å². The van der Waals surface area contributed by atoms with Gasteiger partial charge in [0.1, 0.15) is 0 Å². The molecule has 0 saturated heterocycles. The third-order valence-electron chi connectivity index (χ3n) is 1.33. The fraction of sp³-hybridized carbons (Fsp3) is 0.286. The van der Waals surface area contributed by atoms with E-state index >= 15 is 0 Å². The van der Waals surface area contributed by atoms with Gasteiger partial charge in [0, 0.05) is 13.1 Å².